The molecule has 0 aromatic heterocycles. The van der Waals surface area contributed by atoms with Gasteiger partial charge in [-0.25, -0.2) is 0 Å². The molecule has 1 aromatic rings. The molecule has 0 radical (unpaired) electrons. The Morgan fingerprint density at radius 3 is 2.82 bits per heavy atom. The number of amides is 1. The summed E-state index contributed by atoms with van der Waals surface area (Å²) in [6, 6.07) is 5.92. The third kappa shape index (κ3) is 6.11. The van der Waals surface area contributed by atoms with E-state index in [1.165, 1.54) is 25.7 Å². The van der Waals surface area contributed by atoms with Crippen molar-refractivity contribution in [3.8, 4) is 11.5 Å². The normalized spacial score (nSPS) is 22.7. The number of benzene rings is 1. The maximum absolute atomic E-state index is 12.2. The van der Waals surface area contributed by atoms with Gasteiger partial charge in [0.2, 0.25) is 0 Å². The van der Waals surface area contributed by atoms with Crippen LogP contribution in [0.4, 0.5) is 0 Å². The second-order valence-electron chi connectivity index (χ2n) is 8.04. The fraction of sp³-hybridized carbons (Fsp3) is 0.682. The molecule has 2 fully saturated rings. The number of rotatable bonds is 8. The average molecular weight is 391 g/mol. The molecule has 2 unspecified atom stereocenters. The van der Waals surface area contributed by atoms with Crippen LogP contribution >= 0.6 is 0 Å². The largest absolute Gasteiger partial charge is 0.493 e. The molecule has 1 N–H and O–H groups in total. The quantitative estimate of drug-likeness (QED) is 0.740. The van der Waals surface area contributed by atoms with E-state index in [0.717, 1.165) is 30.5 Å². The SMILES string of the molecule is COc1cc(CNCC2CCCC(C)C2)ccc1OCC(=O)N1CCOCC1. The summed E-state index contributed by atoms with van der Waals surface area (Å²) >= 11 is 0. The summed E-state index contributed by atoms with van der Waals surface area (Å²) in [5, 5.41) is 3.59. The molecule has 1 aromatic carbocycles. The Bertz CT molecular complexity index is 631. The van der Waals surface area contributed by atoms with Gasteiger partial charge in [-0.3, -0.25) is 4.79 Å². The predicted octanol–water partition coefficient (Wildman–Crippen LogP) is 2.85. The van der Waals surface area contributed by atoms with Crippen LogP contribution in [0.5, 0.6) is 11.5 Å². The Balaban J connectivity index is 1.46. The summed E-state index contributed by atoms with van der Waals surface area (Å²) in [6.45, 7) is 6.71. The van der Waals surface area contributed by atoms with Crippen LogP contribution in [-0.2, 0) is 16.1 Å². The number of hydrogen-bond acceptors (Lipinski definition) is 5. The molecule has 1 amide bonds. The zero-order chi connectivity index (χ0) is 19.8. The lowest BCUT2D eigenvalue weighted by molar-refractivity contribution is -0.137. The number of morpholine rings is 1. The Labute approximate surface area is 168 Å². The summed E-state index contributed by atoms with van der Waals surface area (Å²) in [4.78, 5) is 14.0. The summed E-state index contributed by atoms with van der Waals surface area (Å²) in [7, 11) is 1.63. The highest BCUT2D eigenvalue weighted by Gasteiger charge is 2.19. The van der Waals surface area contributed by atoms with E-state index in [4.69, 9.17) is 14.2 Å². The van der Waals surface area contributed by atoms with Crippen LogP contribution in [0, 0.1) is 11.8 Å². The van der Waals surface area contributed by atoms with E-state index >= 15 is 0 Å². The molecule has 28 heavy (non-hydrogen) atoms. The minimum absolute atomic E-state index is 0.0159. The standard InChI is InChI=1S/C22H34N2O4/c1-17-4-3-5-18(12-17)14-23-15-19-6-7-20(21(13-19)26-2)28-16-22(25)24-8-10-27-11-9-24/h6-7,13,17-18,23H,3-5,8-12,14-16H2,1-2H3. The molecule has 1 saturated carbocycles. The molecule has 156 valence electrons. The summed E-state index contributed by atoms with van der Waals surface area (Å²) in [5.41, 5.74) is 1.16. The Morgan fingerprint density at radius 2 is 2.07 bits per heavy atom. The number of ether oxygens (including phenoxy) is 3. The van der Waals surface area contributed by atoms with Crippen molar-refractivity contribution in [1.82, 2.24) is 10.2 Å². The van der Waals surface area contributed by atoms with E-state index in [2.05, 4.69) is 12.2 Å². The van der Waals surface area contributed by atoms with E-state index in [0.29, 0.717) is 37.8 Å². The molecule has 1 saturated heterocycles. The van der Waals surface area contributed by atoms with Crippen LogP contribution in [0.1, 0.15) is 38.2 Å². The monoisotopic (exact) mass is 390 g/mol. The van der Waals surface area contributed by atoms with E-state index in [1.54, 1.807) is 12.0 Å². The Hall–Kier alpha value is -1.79. The van der Waals surface area contributed by atoms with Gasteiger partial charge in [0, 0.05) is 19.6 Å². The van der Waals surface area contributed by atoms with Crippen molar-refractivity contribution in [3.63, 3.8) is 0 Å². The van der Waals surface area contributed by atoms with Crippen molar-refractivity contribution in [2.24, 2.45) is 11.8 Å². The predicted molar refractivity (Wildman–Crippen MR) is 109 cm³/mol. The first kappa shape index (κ1) is 20.9. The zero-order valence-electron chi connectivity index (χ0n) is 17.2. The first-order valence-electron chi connectivity index (χ1n) is 10.5. The van der Waals surface area contributed by atoms with Gasteiger partial charge in [-0.15, -0.1) is 0 Å². The van der Waals surface area contributed by atoms with Crippen LogP contribution in [-0.4, -0.2) is 57.4 Å². The molecule has 1 aliphatic heterocycles. The maximum Gasteiger partial charge on any atom is 0.260 e. The van der Waals surface area contributed by atoms with Crippen molar-refractivity contribution >= 4 is 5.91 Å². The third-order valence-electron chi connectivity index (χ3n) is 5.75. The van der Waals surface area contributed by atoms with Crippen molar-refractivity contribution in [3.05, 3.63) is 23.8 Å². The van der Waals surface area contributed by atoms with E-state index in [-0.39, 0.29) is 12.5 Å². The highest BCUT2D eigenvalue weighted by molar-refractivity contribution is 5.78. The highest BCUT2D eigenvalue weighted by Crippen LogP contribution is 2.29. The fourth-order valence-corrected chi connectivity index (χ4v) is 4.15. The van der Waals surface area contributed by atoms with Crippen LogP contribution in [0.3, 0.4) is 0 Å². The van der Waals surface area contributed by atoms with Gasteiger partial charge in [0.05, 0.1) is 20.3 Å². The summed E-state index contributed by atoms with van der Waals surface area (Å²) in [5.74, 6) is 2.91. The number of methoxy groups -OCH3 is 1. The Morgan fingerprint density at radius 1 is 1.25 bits per heavy atom. The van der Waals surface area contributed by atoms with Gasteiger partial charge < -0.3 is 24.4 Å². The molecular weight excluding hydrogens is 356 g/mol. The molecule has 3 rings (SSSR count). The zero-order valence-corrected chi connectivity index (χ0v) is 17.2. The summed E-state index contributed by atoms with van der Waals surface area (Å²) < 4.78 is 16.5. The molecule has 0 spiro atoms. The number of carbonyl (C=O) groups is 1. The van der Waals surface area contributed by atoms with E-state index in [9.17, 15) is 4.79 Å². The smallest absolute Gasteiger partial charge is 0.260 e. The van der Waals surface area contributed by atoms with Crippen LogP contribution in [0.15, 0.2) is 18.2 Å². The minimum Gasteiger partial charge on any atom is -0.493 e. The van der Waals surface area contributed by atoms with Crippen molar-refractivity contribution in [2.75, 3.05) is 46.6 Å². The lowest BCUT2D eigenvalue weighted by atomic mass is 9.82. The lowest BCUT2D eigenvalue weighted by Gasteiger charge is -2.27. The topological polar surface area (TPSA) is 60.0 Å². The average Bonchev–Trinajstić information content (AvgIpc) is 2.73. The molecule has 6 nitrogen and oxygen atoms in total. The molecule has 6 heteroatoms. The van der Waals surface area contributed by atoms with Crippen LogP contribution < -0.4 is 14.8 Å². The fourth-order valence-electron chi connectivity index (χ4n) is 4.15. The lowest BCUT2D eigenvalue weighted by Crippen LogP contribution is -2.43. The van der Waals surface area contributed by atoms with Gasteiger partial charge in [0.1, 0.15) is 0 Å². The van der Waals surface area contributed by atoms with Crippen molar-refractivity contribution in [1.29, 1.82) is 0 Å². The maximum atomic E-state index is 12.2. The molecular formula is C22H34N2O4. The number of nitrogens with one attached hydrogen (secondary N) is 1. The van der Waals surface area contributed by atoms with E-state index in [1.807, 2.05) is 18.2 Å². The van der Waals surface area contributed by atoms with Gasteiger partial charge in [-0.05, 0) is 48.9 Å². The van der Waals surface area contributed by atoms with E-state index < -0.39 is 0 Å². The number of hydrogen-bond donors (Lipinski definition) is 1. The summed E-state index contributed by atoms with van der Waals surface area (Å²) in [6.07, 6.45) is 5.41. The third-order valence-corrected chi connectivity index (χ3v) is 5.75. The van der Waals surface area contributed by atoms with Gasteiger partial charge in [-0.1, -0.05) is 25.8 Å². The second-order valence-corrected chi connectivity index (χ2v) is 8.04. The van der Waals surface area contributed by atoms with Crippen LogP contribution in [0.25, 0.3) is 0 Å². The second kappa shape index (κ2) is 10.7. The molecule has 2 atom stereocenters. The number of nitrogens with zero attached hydrogens (tertiary/aromatic N) is 1. The van der Waals surface area contributed by atoms with Gasteiger partial charge in [0.15, 0.2) is 18.1 Å². The highest BCUT2D eigenvalue weighted by atomic mass is 16.5. The van der Waals surface area contributed by atoms with Crippen molar-refractivity contribution < 1.29 is 19.0 Å². The van der Waals surface area contributed by atoms with Crippen LogP contribution in [0.2, 0.25) is 0 Å². The van der Waals surface area contributed by atoms with Gasteiger partial charge in [0.25, 0.3) is 5.91 Å². The minimum atomic E-state index is -0.0159. The Kier molecular flexibility index (Phi) is 7.98. The molecule has 2 aliphatic rings. The first-order valence-corrected chi connectivity index (χ1v) is 10.5. The number of carbonyl (C=O) groups excluding carboxylic acids is 1. The van der Waals surface area contributed by atoms with Crippen molar-refractivity contribution in [2.45, 2.75) is 39.2 Å². The van der Waals surface area contributed by atoms with Gasteiger partial charge >= 0.3 is 0 Å². The first-order chi connectivity index (χ1) is 13.7. The molecule has 1 aliphatic carbocycles. The molecule has 0 bridgehead atoms. The molecule has 1 heterocycles. The van der Waals surface area contributed by atoms with Gasteiger partial charge in [-0.2, -0.15) is 0 Å².